The van der Waals surface area contributed by atoms with Crippen LogP contribution in [0.1, 0.15) is 10.4 Å². The molecule has 1 aliphatic rings. The van der Waals surface area contributed by atoms with Crippen LogP contribution in [0.4, 0.5) is 29.8 Å². The molecule has 34 heavy (non-hydrogen) atoms. The molecule has 0 unspecified atom stereocenters. The average Bonchev–Trinajstić information content (AvgIpc) is 3.26. The summed E-state index contributed by atoms with van der Waals surface area (Å²) in [6, 6.07) is 5.14. The minimum atomic E-state index is -4.50. The molecule has 1 fully saturated rings. The van der Waals surface area contributed by atoms with Crippen LogP contribution in [0.2, 0.25) is 0 Å². The maximum Gasteiger partial charge on any atom is 0.405 e. The van der Waals surface area contributed by atoms with Crippen LogP contribution in [-0.4, -0.2) is 67.3 Å². The van der Waals surface area contributed by atoms with Gasteiger partial charge in [0.15, 0.2) is 5.13 Å². The van der Waals surface area contributed by atoms with E-state index in [0.29, 0.717) is 46.0 Å². The maximum absolute atomic E-state index is 12.3. The lowest BCUT2D eigenvalue weighted by atomic mass is 10.2. The zero-order valence-corrected chi connectivity index (χ0v) is 19.3. The van der Waals surface area contributed by atoms with Gasteiger partial charge in [-0.2, -0.15) is 23.8 Å². The molecule has 0 saturated carbocycles. The van der Waals surface area contributed by atoms with E-state index in [0.717, 1.165) is 5.69 Å². The van der Waals surface area contributed by atoms with Crippen molar-refractivity contribution in [3.63, 3.8) is 0 Å². The monoisotopic (exact) mass is 514 g/mol. The molecule has 3 aromatic heterocycles. The summed E-state index contributed by atoms with van der Waals surface area (Å²) in [5.41, 5.74) is 1.45. The average molecular weight is 515 g/mol. The van der Waals surface area contributed by atoms with Crippen molar-refractivity contribution in [2.24, 2.45) is 0 Å². The van der Waals surface area contributed by atoms with E-state index in [2.05, 4.69) is 25.2 Å². The zero-order valence-electron chi connectivity index (χ0n) is 17.6. The normalized spacial score (nSPS) is 16.7. The number of aromatic nitrogens is 3. The standard InChI is InChI=1S/C20H21F3N6O3S2/c21-20(22,23)12-27-18(30)14-7-13(9-24-10-14)16-11-26-19(33-16)28-17-8-15(1-2-25-17)29-3-5-34(31,32)6-4-29/h1-2,7-11,31-32H,3-6,12H2,(H,27,30)(H,25,26,28). The van der Waals surface area contributed by atoms with Crippen molar-refractivity contribution in [3.8, 4) is 10.4 Å². The number of thiazole rings is 1. The molecular weight excluding hydrogens is 493 g/mol. The lowest BCUT2D eigenvalue weighted by Gasteiger charge is -2.41. The predicted octanol–water partition coefficient (Wildman–Crippen LogP) is 4.21. The lowest BCUT2D eigenvalue weighted by Crippen LogP contribution is -2.38. The van der Waals surface area contributed by atoms with E-state index < -0.39 is 29.2 Å². The number of alkyl halides is 3. The fraction of sp³-hybridized carbons (Fsp3) is 0.300. The SMILES string of the molecule is O=C(NCC(F)(F)F)c1cncc(-c2cnc(Nc3cc(N4CCS(O)(O)CC4)ccn3)s2)c1. The number of hydrogen-bond acceptors (Lipinski definition) is 9. The Hall–Kier alpha value is -2.94. The molecule has 14 heteroatoms. The van der Waals surface area contributed by atoms with Crippen LogP contribution in [0.15, 0.2) is 43.0 Å². The number of halogens is 3. The maximum atomic E-state index is 12.3. The van der Waals surface area contributed by atoms with Gasteiger partial charge in [-0.3, -0.25) is 18.9 Å². The van der Waals surface area contributed by atoms with Gasteiger partial charge in [0.1, 0.15) is 12.4 Å². The van der Waals surface area contributed by atoms with Crippen LogP contribution >= 0.6 is 21.9 Å². The lowest BCUT2D eigenvalue weighted by molar-refractivity contribution is -0.123. The van der Waals surface area contributed by atoms with Gasteiger partial charge in [-0.1, -0.05) is 11.3 Å². The van der Waals surface area contributed by atoms with Gasteiger partial charge in [0.05, 0.1) is 21.9 Å². The third-order valence-electron chi connectivity index (χ3n) is 4.96. The Morgan fingerprint density at radius 3 is 2.65 bits per heavy atom. The molecule has 4 heterocycles. The number of carbonyl (C=O) groups is 1. The molecule has 3 aromatic rings. The molecule has 0 radical (unpaired) electrons. The van der Waals surface area contributed by atoms with Crippen molar-refractivity contribution >= 4 is 44.5 Å². The highest BCUT2D eigenvalue weighted by Gasteiger charge is 2.28. The van der Waals surface area contributed by atoms with Gasteiger partial charge in [0.25, 0.3) is 5.91 Å². The number of carbonyl (C=O) groups excluding carboxylic acids is 1. The first-order valence-electron chi connectivity index (χ1n) is 10.1. The summed E-state index contributed by atoms with van der Waals surface area (Å²) in [6.07, 6.45) is 1.41. The Labute approximate surface area is 198 Å². The number of anilines is 3. The Kier molecular flexibility index (Phi) is 6.93. The fourth-order valence-electron chi connectivity index (χ4n) is 3.23. The van der Waals surface area contributed by atoms with Gasteiger partial charge < -0.3 is 15.5 Å². The minimum Gasteiger partial charge on any atom is -0.368 e. The molecule has 182 valence electrons. The van der Waals surface area contributed by atoms with Crippen molar-refractivity contribution in [1.82, 2.24) is 20.3 Å². The Bertz CT molecular complexity index is 1160. The summed E-state index contributed by atoms with van der Waals surface area (Å²) in [7, 11) is -2.49. The molecule has 0 aliphatic carbocycles. The van der Waals surface area contributed by atoms with Crippen molar-refractivity contribution in [3.05, 3.63) is 48.5 Å². The highest BCUT2D eigenvalue weighted by atomic mass is 32.3. The smallest absolute Gasteiger partial charge is 0.368 e. The van der Waals surface area contributed by atoms with Gasteiger partial charge >= 0.3 is 6.18 Å². The summed E-state index contributed by atoms with van der Waals surface area (Å²) < 4.78 is 56.6. The van der Waals surface area contributed by atoms with Gasteiger partial charge in [-0.25, -0.2) is 9.97 Å². The van der Waals surface area contributed by atoms with Crippen molar-refractivity contribution < 1.29 is 27.1 Å². The van der Waals surface area contributed by atoms with E-state index in [1.165, 1.54) is 29.8 Å². The van der Waals surface area contributed by atoms with Crippen LogP contribution in [0, 0.1) is 0 Å². The number of amides is 1. The van der Waals surface area contributed by atoms with E-state index >= 15 is 0 Å². The second-order valence-electron chi connectivity index (χ2n) is 7.51. The number of nitrogens with one attached hydrogen (secondary N) is 2. The van der Waals surface area contributed by atoms with Crippen molar-refractivity contribution in [1.29, 1.82) is 0 Å². The highest BCUT2D eigenvalue weighted by molar-refractivity contribution is 8.24. The first-order chi connectivity index (χ1) is 16.1. The molecule has 0 bridgehead atoms. The molecule has 1 amide bonds. The zero-order chi connectivity index (χ0) is 24.3. The van der Waals surface area contributed by atoms with Gasteiger partial charge in [-0.15, -0.1) is 0 Å². The van der Waals surface area contributed by atoms with Crippen molar-refractivity contribution in [2.45, 2.75) is 6.18 Å². The molecule has 9 nitrogen and oxygen atoms in total. The molecule has 1 saturated heterocycles. The summed E-state index contributed by atoms with van der Waals surface area (Å²) in [6.45, 7) is -0.351. The van der Waals surface area contributed by atoms with E-state index in [-0.39, 0.29) is 5.56 Å². The summed E-state index contributed by atoms with van der Waals surface area (Å²) >= 11 is 1.27. The van der Waals surface area contributed by atoms with Gasteiger partial charge in [-0.05, 0) is 12.1 Å². The summed E-state index contributed by atoms with van der Waals surface area (Å²) in [5, 5.41) is 5.47. The second-order valence-corrected chi connectivity index (χ2v) is 11.0. The molecule has 4 N–H and O–H groups in total. The number of hydrogen-bond donors (Lipinski definition) is 4. The van der Waals surface area contributed by atoms with E-state index in [1.807, 2.05) is 17.4 Å². The Balaban J connectivity index is 1.43. The third-order valence-corrected chi connectivity index (χ3v) is 7.59. The molecule has 1 aliphatic heterocycles. The molecule has 0 spiro atoms. The summed E-state index contributed by atoms with van der Waals surface area (Å²) in [4.78, 5) is 27.3. The Morgan fingerprint density at radius 1 is 1.15 bits per heavy atom. The predicted molar refractivity (Wildman–Crippen MR) is 126 cm³/mol. The van der Waals surface area contributed by atoms with Crippen LogP contribution in [0.5, 0.6) is 0 Å². The third kappa shape index (κ3) is 6.34. The number of pyridine rings is 2. The number of nitrogens with zero attached hydrogens (tertiary/aromatic N) is 4. The summed E-state index contributed by atoms with van der Waals surface area (Å²) in [5.74, 6) is 0.341. The van der Waals surface area contributed by atoms with Crippen molar-refractivity contribution in [2.75, 3.05) is 41.4 Å². The molecule has 0 atom stereocenters. The van der Waals surface area contributed by atoms with Gasteiger partial charge in [0, 0.05) is 55.2 Å². The second kappa shape index (κ2) is 9.74. The number of rotatable bonds is 6. The first-order valence-corrected chi connectivity index (χ1v) is 12.8. The Morgan fingerprint density at radius 2 is 1.91 bits per heavy atom. The molecule has 4 rings (SSSR count). The molecule has 0 aromatic carbocycles. The van der Waals surface area contributed by atoms with Crippen LogP contribution in [-0.2, 0) is 0 Å². The van der Waals surface area contributed by atoms with E-state index in [4.69, 9.17) is 0 Å². The minimum absolute atomic E-state index is 0.0113. The van der Waals surface area contributed by atoms with E-state index in [9.17, 15) is 27.1 Å². The molecular formula is C20H21F3N6O3S2. The quantitative estimate of drug-likeness (QED) is 0.386. The van der Waals surface area contributed by atoms with Crippen LogP contribution in [0.25, 0.3) is 10.4 Å². The van der Waals surface area contributed by atoms with Crippen LogP contribution in [0.3, 0.4) is 0 Å². The highest BCUT2D eigenvalue weighted by Crippen LogP contribution is 2.41. The van der Waals surface area contributed by atoms with E-state index in [1.54, 1.807) is 12.4 Å². The van der Waals surface area contributed by atoms with Crippen LogP contribution < -0.4 is 15.5 Å². The van der Waals surface area contributed by atoms with Gasteiger partial charge in [0.2, 0.25) is 0 Å². The largest absolute Gasteiger partial charge is 0.405 e. The fourth-order valence-corrected chi connectivity index (χ4v) is 5.26. The first kappa shape index (κ1) is 24.2. The topological polar surface area (TPSA) is 124 Å².